The van der Waals surface area contributed by atoms with Crippen LogP contribution in [0.1, 0.15) is 23.0 Å². The highest BCUT2D eigenvalue weighted by molar-refractivity contribution is 5.94. The Morgan fingerprint density at radius 1 is 1.29 bits per heavy atom. The highest BCUT2D eigenvalue weighted by Gasteiger charge is 2.28. The molecule has 128 valence electrons. The second-order valence-corrected chi connectivity index (χ2v) is 5.83. The number of aryl methyl sites for hydroxylation is 1. The molecule has 0 radical (unpaired) electrons. The molecule has 2 aromatic heterocycles. The highest BCUT2D eigenvalue weighted by Crippen LogP contribution is 2.13. The number of piperazine rings is 1. The fraction of sp³-hybridized carbons (Fsp3) is 0.438. The van der Waals surface area contributed by atoms with Crippen molar-refractivity contribution in [2.24, 2.45) is 0 Å². The molecule has 0 saturated carbocycles. The Morgan fingerprint density at radius 3 is 2.62 bits per heavy atom. The van der Waals surface area contributed by atoms with E-state index in [0.717, 1.165) is 0 Å². The SMILES string of the molecule is Cc1cc(NC(=O)C(C)N2CCN(C(=O)c3ccoc3)CC2)no1. The van der Waals surface area contributed by atoms with Crippen molar-refractivity contribution >= 4 is 17.6 Å². The first kappa shape index (κ1) is 16.3. The maximum Gasteiger partial charge on any atom is 0.257 e. The van der Waals surface area contributed by atoms with Gasteiger partial charge in [-0.1, -0.05) is 5.16 Å². The van der Waals surface area contributed by atoms with Crippen LogP contribution in [-0.4, -0.2) is 59.0 Å². The molecule has 1 fully saturated rings. The molecule has 3 heterocycles. The van der Waals surface area contributed by atoms with Crippen LogP contribution in [0.2, 0.25) is 0 Å². The molecule has 24 heavy (non-hydrogen) atoms. The van der Waals surface area contributed by atoms with Crippen molar-refractivity contribution in [2.45, 2.75) is 19.9 Å². The molecule has 0 aliphatic carbocycles. The minimum absolute atomic E-state index is 0.0430. The number of aromatic nitrogens is 1. The van der Waals surface area contributed by atoms with Gasteiger partial charge in [-0.2, -0.15) is 0 Å². The number of carbonyl (C=O) groups excluding carboxylic acids is 2. The first-order valence-electron chi connectivity index (χ1n) is 7.84. The summed E-state index contributed by atoms with van der Waals surface area (Å²) in [7, 11) is 0. The van der Waals surface area contributed by atoms with Crippen LogP contribution >= 0.6 is 0 Å². The zero-order valence-corrected chi connectivity index (χ0v) is 13.7. The summed E-state index contributed by atoms with van der Waals surface area (Å²) in [5.74, 6) is 0.874. The van der Waals surface area contributed by atoms with Crippen molar-refractivity contribution in [2.75, 3.05) is 31.5 Å². The second-order valence-electron chi connectivity index (χ2n) is 5.83. The Hall–Kier alpha value is -2.61. The molecule has 0 spiro atoms. The Bertz CT molecular complexity index is 701. The first-order chi connectivity index (χ1) is 11.5. The first-order valence-corrected chi connectivity index (χ1v) is 7.84. The minimum Gasteiger partial charge on any atom is -0.472 e. The molecule has 1 atom stereocenters. The lowest BCUT2D eigenvalue weighted by atomic mass is 10.2. The molecule has 1 unspecified atom stereocenters. The average Bonchev–Trinajstić information content (AvgIpc) is 3.25. The third-order valence-corrected chi connectivity index (χ3v) is 4.18. The van der Waals surface area contributed by atoms with Gasteiger partial charge in [0.05, 0.1) is 17.9 Å². The van der Waals surface area contributed by atoms with E-state index in [0.29, 0.717) is 43.3 Å². The molecule has 2 aromatic rings. The van der Waals surface area contributed by atoms with Gasteiger partial charge in [0.15, 0.2) is 5.82 Å². The number of rotatable bonds is 4. The van der Waals surface area contributed by atoms with Gasteiger partial charge in [0.2, 0.25) is 5.91 Å². The third-order valence-electron chi connectivity index (χ3n) is 4.18. The van der Waals surface area contributed by atoms with Crippen LogP contribution < -0.4 is 5.32 Å². The lowest BCUT2D eigenvalue weighted by Gasteiger charge is -2.37. The monoisotopic (exact) mass is 332 g/mol. The standard InChI is InChI=1S/C16H20N4O4/c1-11-9-14(18-24-11)17-15(21)12(2)19-4-6-20(7-5-19)16(22)13-3-8-23-10-13/h3,8-10,12H,4-7H2,1-2H3,(H,17,18,21). The van der Waals surface area contributed by atoms with E-state index in [4.69, 9.17) is 8.94 Å². The van der Waals surface area contributed by atoms with Crippen molar-refractivity contribution in [3.63, 3.8) is 0 Å². The van der Waals surface area contributed by atoms with Crippen molar-refractivity contribution in [3.8, 4) is 0 Å². The normalized spacial score (nSPS) is 16.8. The molecule has 1 saturated heterocycles. The molecule has 1 aliphatic rings. The zero-order chi connectivity index (χ0) is 17.1. The van der Waals surface area contributed by atoms with Crippen LogP contribution in [-0.2, 0) is 4.79 Å². The van der Waals surface area contributed by atoms with Crippen molar-refractivity contribution in [1.82, 2.24) is 15.0 Å². The predicted molar refractivity (Wildman–Crippen MR) is 85.5 cm³/mol. The molecule has 0 bridgehead atoms. The van der Waals surface area contributed by atoms with E-state index in [-0.39, 0.29) is 17.9 Å². The van der Waals surface area contributed by atoms with Crippen molar-refractivity contribution < 1.29 is 18.5 Å². The van der Waals surface area contributed by atoms with E-state index in [2.05, 4.69) is 10.5 Å². The van der Waals surface area contributed by atoms with E-state index < -0.39 is 0 Å². The Kier molecular flexibility index (Phi) is 4.66. The van der Waals surface area contributed by atoms with Crippen LogP contribution in [0.4, 0.5) is 5.82 Å². The smallest absolute Gasteiger partial charge is 0.257 e. The fourth-order valence-electron chi connectivity index (χ4n) is 2.70. The number of anilines is 1. The van der Waals surface area contributed by atoms with E-state index in [1.54, 1.807) is 24.0 Å². The van der Waals surface area contributed by atoms with Crippen LogP contribution in [0.3, 0.4) is 0 Å². The maximum absolute atomic E-state index is 12.3. The summed E-state index contributed by atoms with van der Waals surface area (Å²) in [6.07, 6.45) is 2.94. The largest absolute Gasteiger partial charge is 0.472 e. The third kappa shape index (κ3) is 3.48. The van der Waals surface area contributed by atoms with Gasteiger partial charge in [-0.3, -0.25) is 14.5 Å². The molecule has 2 amide bonds. The van der Waals surface area contributed by atoms with Gasteiger partial charge in [-0.05, 0) is 19.9 Å². The lowest BCUT2D eigenvalue weighted by Crippen LogP contribution is -2.54. The number of nitrogens with zero attached hydrogens (tertiary/aromatic N) is 3. The van der Waals surface area contributed by atoms with Gasteiger partial charge in [0.25, 0.3) is 5.91 Å². The van der Waals surface area contributed by atoms with Crippen LogP contribution in [0.5, 0.6) is 0 Å². The summed E-state index contributed by atoms with van der Waals surface area (Å²) in [6, 6.07) is 3.02. The number of furan rings is 1. The average molecular weight is 332 g/mol. The summed E-state index contributed by atoms with van der Waals surface area (Å²) >= 11 is 0. The number of hydrogen-bond donors (Lipinski definition) is 1. The molecule has 8 nitrogen and oxygen atoms in total. The summed E-state index contributed by atoms with van der Waals surface area (Å²) in [4.78, 5) is 28.4. The minimum atomic E-state index is -0.312. The van der Waals surface area contributed by atoms with Crippen LogP contribution in [0.15, 0.2) is 33.6 Å². The summed E-state index contributed by atoms with van der Waals surface area (Å²) in [6.45, 7) is 6.03. The molecular weight excluding hydrogens is 312 g/mol. The molecule has 1 aliphatic heterocycles. The second kappa shape index (κ2) is 6.88. The molecular formula is C16H20N4O4. The molecule has 8 heteroatoms. The topological polar surface area (TPSA) is 91.8 Å². The summed E-state index contributed by atoms with van der Waals surface area (Å²) in [5.41, 5.74) is 0.552. The van der Waals surface area contributed by atoms with Gasteiger partial charge < -0.3 is 19.2 Å². The van der Waals surface area contributed by atoms with E-state index >= 15 is 0 Å². The van der Waals surface area contributed by atoms with Gasteiger partial charge in [-0.15, -0.1) is 0 Å². The van der Waals surface area contributed by atoms with Gasteiger partial charge >= 0.3 is 0 Å². The number of amides is 2. The fourth-order valence-corrected chi connectivity index (χ4v) is 2.70. The van der Waals surface area contributed by atoms with E-state index in [1.807, 2.05) is 11.8 Å². The molecule has 0 aromatic carbocycles. The Morgan fingerprint density at radius 2 is 2.04 bits per heavy atom. The van der Waals surface area contributed by atoms with Crippen LogP contribution in [0.25, 0.3) is 0 Å². The van der Waals surface area contributed by atoms with Gasteiger partial charge in [-0.25, -0.2) is 0 Å². The lowest BCUT2D eigenvalue weighted by molar-refractivity contribution is -0.121. The van der Waals surface area contributed by atoms with E-state index in [9.17, 15) is 9.59 Å². The molecule has 1 N–H and O–H groups in total. The Labute approximate surface area is 139 Å². The Balaban J connectivity index is 1.52. The quantitative estimate of drug-likeness (QED) is 0.909. The maximum atomic E-state index is 12.3. The van der Waals surface area contributed by atoms with Gasteiger partial charge in [0.1, 0.15) is 12.0 Å². The van der Waals surface area contributed by atoms with Crippen molar-refractivity contribution in [1.29, 1.82) is 0 Å². The van der Waals surface area contributed by atoms with Crippen LogP contribution in [0, 0.1) is 6.92 Å². The summed E-state index contributed by atoms with van der Waals surface area (Å²) < 4.78 is 9.89. The number of carbonyl (C=O) groups is 2. The van der Waals surface area contributed by atoms with Gasteiger partial charge in [0, 0.05) is 32.2 Å². The summed E-state index contributed by atoms with van der Waals surface area (Å²) in [5, 5.41) is 6.50. The highest BCUT2D eigenvalue weighted by atomic mass is 16.5. The zero-order valence-electron chi connectivity index (χ0n) is 13.7. The number of hydrogen-bond acceptors (Lipinski definition) is 6. The van der Waals surface area contributed by atoms with E-state index in [1.165, 1.54) is 12.5 Å². The molecule has 3 rings (SSSR count). The predicted octanol–water partition coefficient (Wildman–Crippen LogP) is 1.36. The number of nitrogens with one attached hydrogen (secondary N) is 1. The van der Waals surface area contributed by atoms with Crippen molar-refractivity contribution in [3.05, 3.63) is 36.0 Å².